The minimum Gasteiger partial charge on any atom is -0.485 e. The smallest absolute Gasteiger partial charge is 0.204 e. The van der Waals surface area contributed by atoms with Gasteiger partial charge in [0.05, 0.1) is 6.54 Å². The summed E-state index contributed by atoms with van der Waals surface area (Å²) in [6, 6.07) is 4.75. The molecule has 6 nitrogen and oxygen atoms in total. The van der Waals surface area contributed by atoms with E-state index in [0.717, 1.165) is 22.9 Å². The molecule has 23 heavy (non-hydrogen) atoms. The zero-order valence-electron chi connectivity index (χ0n) is 12.4. The van der Waals surface area contributed by atoms with Crippen molar-refractivity contribution in [3.05, 3.63) is 41.6 Å². The summed E-state index contributed by atoms with van der Waals surface area (Å²) < 4.78 is 18.7. The SMILES string of the molecule is Nc1nc(CCc2c[nH]c3cc(F)ccc23)nc2c1OCCN2. The summed E-state index contributed by atoms with van der Waals surface area (Å²) in [5.41, 5.74) is 7.83. The lowest BCUT2D eigenvalue weighted by Gasteiger charge is -2.19. The van der Waals surface area contributed by atoms with Crippen molar-refractivity contribution in [2.75, 3.05) is 24.2 Å². The van der Waals surface area contributed by atoms with Crippen LogP contribution in [-0.4, -0.2) is 28.1 Å². The van der Waals surface area contributed by atoms with Crippen LogP contribution in [0, 0.1) is 5.82 Å². The predicted molar refractivity (Wildman–Crippen MR) is 86.1 cm³/mol. The molecular weight excluding hydrogens is 297 g/mol. The monoisotopic (exact) mass is 313 g/mol. The topological polar surface area (TPSA) is 88.9 Å². The lowest BCUT2D eigenvalue weighted by molar-refractivity contribution is 0.321. The molecular formula is C16H16FN5O. The highest BCUT2D eigenvalue weighted by Gasteiger charge is 2.17. The fourth-order valence-electron chi connectivity index (χ4n) is 2.82. The van der Waals surface area contributed by atoms with E-state index < -0.39 is 0 Å². The number of anilines is 2. The molecule has 0 spiro atoms. The van der Waals surface area contributed by atoms with Crippen LogP contribution in [0.2, 0.25) is 0 Å². The lowest BCUT2D eigenvalue weighted by atomic mass is 10.1. The molecule has 0 fully saturated rings. The molecule has 118 valence electrons. The van der Waals surface area contributed by atoms with Gasteiger partial charge in [-0.15, -0.1) is 0 Å². The van der Waals surface area contributed by atoms with Crippen molar-refractivity contribution in [3.63, 3.8) is 0 Å². The van der Waals surface area contributed by atoms with Gasteiger partial charge in [-0.25, -0.2) is 14.4 Å². The molecule has 4 N–H and O–H groups in total. The number of nitrogens with two attached hydrogens (primary N) is 1. The Kier molecular flexibility index (Phi) is 3.25. The van der Waals surface area contributed by atoms with Gasteiger partial charge in [-0.3, -0.25) is 0 Å². The summed E-state index contributed by atoms with van der Waals surface area (Å²) in [5.74, 6) is 1.96. The molecule has 1 aromatic carbocycles. The van der Waals surface area contributed by atoms with Gasteiger partial charge in [0.2, 0.25) is 5.75 Å². The number of aromatic nitrogens is 3. The Bertz CT molecular complexity index is 876. The first-order chi connectivity index (χ1) is 11.2. The summed E-state index contributed by atoms with van der Waals surface area (Å²) in [5, 5.41) is 4.18. The molecule has 2 aromatic heterocycles. The first kappa shape index (κ1) is 13.8. The predicted octanol–water partition coefficient (Wildman–Crippen LogP) is 2.27. The number of fused-ring (bicyclic) bond motifs is 2. The number of halogens is 1. The van der Waals surface area contributed by atoms with Gasteiger partial charge in [0.25, 0.3) is 0 Å². The van der Waals surface area contributed by atoms with E-state index in [1.807, 2.05) is 6.20 Å². The number of ether oxygens (including phenoxy) is 1. The lowest BCUT2D eigenvalue weighted by Crippen LogP contribution is -2.21. The zero-order valence-corrected chi connectivity index (χ0v) is 12.4. The van der Waals surface area contributed by atoms with Crippen LogP contribution in [0.3, 0.4) is 0 Å². The van der Waals surface area contributed by atoms with E-state index in [0.29, 0.717) is 42.8 Å². The number of benzene rings is 1. The van der Waals surface area contributed by atoms with Gasteiger partial charge in [0.1, 0.15) is 18.2 Å². The zero-order chi connectivity index (χ0) is 15.8. The van der Waals surface area contributed by atoms with Crippen molar-refractivity contribution in [3.8, 4) is 5.75 Å². The Hall–Kier alpha value is -2.83. The van der Waals surface area contributed by atoms with E-state index in [2.05, 4.69) is 20.3 Å². The van der Waals surface area contributed by atoms with Crippen LogP contribution in [-0.2, 0) is 12.8 Å². The summed E-state index contributed by atoms with van der Waals surface area (Å²) in [7, 11) is 0. The third-order valence-electron chi connectivity index (χ3n) is 3.93. The summed E-state index contributed by atoms with van der Waals surface area (Å²) in [6.07, 6.45) is 3.28. The highest BCUT2D eigenvalue weighted by Crippen LogP contribution is 2.30. The number of hydrogen-bond donors (Lipinski definition) is 3. The molecule has 1 aliphatic rings. The van der Waals surface area contributed by atoms with Crippen molar-refractivity contribution in [2.24, 2.45) is 0 Å². The average molecular weight is 313 g/mol. The molecule has 0 amide bonds. The molecule has 0 aliphatic carbocycles. The van der Waals surface area contributed by atoms with Crippen molar-refractivity contribution >= 4 is 22.5 Å². The summed E-state index contributed by atoms with van der Waals surface area (Å²) >= 11 is 0. The van der Waals surface area contributed by atoms with E-state index in [1.165, 1.54) is 12.1 Å². The molecule has 1 aliphatic heterocycles. The first-order valence-electron chi connectivity index (χ1n) is 7.49. The largest absolute Gasteiger partial charge is 0.485 e. The van der Waals surface area contributed by atoms with E-state index in [1.54, 1.807) is 6.07 Å². The van der Waals surface area contributed by atoms with Crippen molar-refractivity contribution in [1.82, 2.24) is 15.0 Å². The molecule has 0 unspecified atom stereocenters. The van der Waals surface area contributed by atoms with Gasteiger partial charge in [-0.2, -0.15) is 0 Å². The fraction of sp³-hybridized carbons (Fsp3) is 0.250. The van der Waals surface area contributed by atoms with Crippen LogP contribution in [0.25, 0.3) is 10.9 Å². The van der Waals surface area contributed by atoms with E-state index in [4.69, 9.17) is 10.5 Å². The Balaban J connectivity index is 1.57. The minimum atomic E-state index is -0.247. The molecule has 0 saturated heterocycles. The maximum absolute atomic E-state index is 13.2. The third kappa shape index (κ3) is 2.54. The number of nitrogen functional groups attached to an aromatic ring is 1. The van der Waals surface area contributed by atoms with Crippen LogP contribution in [0.5, 0.6) is 5.75 Å². The summed E-state index contributed by atoms with van der Waals surface area (Å²) in [6.45, 7) is 1.27. The van der Waals surface area contributed by atoms with Gasteiger partial charge in [-0.05, 0) is 30.2 Å². The maximum Gasteiger partial charge on any atom is 0.204 e. The number of nitrogens with one attached hydrogen (secondary N) is 2. The first-order valence-corrected chi connectivity index (χ1v) is 7.49. The van der Waals surface area contributed by atoms with Gasteiger partial charge < -0.3 is 20.8 Å². The molecule has 0 bridgehead atoms. The van der Waals surface area contributed by atoms with Crippen molar-refractivity contribution in [2.45, 2.75) is 12.8 Å². The number of rotatable bonds is 3. The standard InChI is InChI=1S/C16H16FN5O/c17-10-2-3-11-9(8-20-12(11)7-10)1-4-13-21-15(18)14-16(22-13)19-5-6-23-14/h2-3,7-8,20H,1,4-6H2,(H3,18,19,21,22). The second kappa shape index (κ2) is 5.42. The molecule has 0 atom stereocenters. The highest BCUT2D eigenvalue weighted by molar-refractivity contribution is 5.83. The van der Waals surface area contributed by atoms with E-state index in [9.17, 15) is 4.39 Å². The van der Waals surface area contributed by atoms with Crippen LogP contribution < -0.4 is 15.8 Å². The van der Waals surface area contributed by atoms with Crippen LogP contribution in [0.15, 0.2) is 24.4 Å². The number of H-pyrrole nitrogens is 1. The molecule has 3 heterocycles. The van der Waals surface area contributed by atoms with Gasteiger partial charge in [0.15, 0.2) is 11.6 Å². The molecule has 7 heteroatoms. The Morgan fingerprint density at radius 2 is 2.17 bits per heavy atom. The Morgan fingerprint density at radius 1 is 1.26 bits per heavy atom. The quantitative estimate of drug-likeness (QED) is 0.690. The van der Waals surface area contributed by atoms with Crippen LogP contribution in [0.1, 0.15) is 11.4 Å². The van der Waals surface area contributed by atoms with E-state index >= 15 is 0 Å². The molecule has 0 saturated carbocycles. The maximum atomic E-state index is 13.2. The van der Waals surface area contributed by atoms with Crippen molar-refractivity contribution < 1.29 is 9.13 Å². The molecule has 3 aromatic rings. The van der Waals surface area contributed by atoms with Gasteiger partial charge >= 0.3 is 0 Å². The van der Waals surface area contributed by atoms with Crippen LogP contribution >= 0.6 is 0 Å². The summed E-state index contributed by atoms with van der Waals surface area (Å²) in [4.78, 5) is 11.9. The second-order valence-electron chi connectivity index (χ2n) is 5.48. The van der Waals surface area contributed by atoms with Gasteiger partial charge in [-0.1, -0.05) is 0 Å². The normalized spacial score (nSPS) is 13.4. The third-order valence-corrected chi connectivity index (χ3v) is 3.93. The number of aromatic amines is 1. The minimum absolute atomic E-state index is 0.247. The van der Waals surface area contributed by atoms with Crippen LogP contribution in [0.4, 0.5) is 16.0 Å². The van der Waals surface area contributed by atoms with Crippen molar-refractivity contribution in [1.29, 1.82) is 0 Å². The van der Waals surface area contributed by atoms with Gasteiger partial charge in [0, 0.05) is 23.5 Å². The second-order valence-corrected chi connectivity index (χ2v) is 5.48. The average Bonchev–Trinajstić information content (AvgIpc) is 2.95. The Morgan fingerprint density at radius 3 is 3.09 bits per heavy atom. The highest BCUT2D eigenvalue weighted by atomic mass is 19.1. The number of nitrogens with zero attached hydrogens (tertiary/aromatic N) is 2. The molecule has 0 radical (unpaired) electrons. The van der Waals surface area contributed by atoms with E-state index in [-0.39, 0.29) is 5.82 Å². The number of aryl methyl sites for hydroxylation is 2. The Labute approximate surface area is 131 Å². The number of hydrogen-bond acceptors (Lipinski definition) is 5. The molecule has 4 rings (SSSR count). The fourth-order valence-corrected chi connectivity index (χ4v) is 2.82.